The third-order valence-electron chi connectivity index (χ3n) is 3.92. The van der Waals surface area contributed by atoms with Crippen LogP contribution in [0.15, 0.2) is 24.3 Å². The van der Waals surface area contributed by atoms with Crippen molar-refractivity contribution in [2.45, 2.75) is 31.7 Å². The number of benzene rings is 1. The fourth-order valence-corrected chi connectivity index (χ4v) is 2.42. The maximum Gasteiger partial charge on any atom is 0.0444 e. The van der Waals surface area contributed by atoms with Crippen LogP contribution in [0.25, 0.3) is 0 Å². The standard InChI is InChI=1S/C16H27N3/c1-19(2)15-9-7-14(8-10-15)16(12-17)18-11-3-4-13-5-6-13/h7-10,13,16,18H,3-6,11-12,17H2,1-2H3. The highest BCUT2D eigenvalue weighted by molar-refractivity contribution is 5.46. The molecule has 19 heavy (non-hydrogen) atoms. The Hall–Kier alpha value is -1.06. The normalized spacial score (nSPS) is 16.4. The van der Waals surface area contributed by atoms with Crippen LogP contribution in [0.1, 0.15) is 37.3 Å². The molecule has 0 radical (unpaired) electrons. The Morgan fingerprint density at radius 2 is 1.95 bits per heavy atom. The molecule has 1 aliphatic rings. The van der Waals surface area contributed by atoms with Gasteiger partial charge in [0.2, 0.25) is 0 Å². The minimum atomic E-state index is 0.287. The second kappa shape index (κ2) is 6.92. The summed E-state index contributed by atoms with van der Waals surface area (Å²) in [4.78, 5) is 2.12. The van der Waals surface area contributed by atoms with Gasteiger partial charge in [0.05, 0.1) is 0 Å². The molecule has 1 aliphatic carbocycles. The van der Waals surface area contributed by atoms with E-state index in [1.54, 1.807) is 0 Å². The SMILES string of the molecule is CN(C)c1ccc(C(CN)NCCCC2CC2)cc1. The topological polar surface area (TPSA) is 41.3 Å². The molecule has 3 N–H and O–H groups in total. The highest BCUT2D eigenvalue weighted by Gasteiger charge is 2.20. The summed E-state index contributed by atoms with van der Waals surface area (Å²) in [7, 11) is 4.12. The highest BCUT2D eigenvalue weighted by atomic mass is 15.1. The van der Waals surface area contributed by atoms with Crippen molar-refractivity contribution < 1.29 is 0 Å². The van der Waals surface area contributed by atoms with Gasteiger partial charge in [0.25, 0.3) is 0 Å². The van der Waals surface area contributed by atoms with Crippen molar-refractivity contribution in [3.8, 4) is 0 Å². The van der Waals surface area contributed by atoms with E-state index in [2.05, 4.69) is 48.6 Å². The molecular formula is C16H27N3. The molecule has 106 valence electrons. The minimum Gasteiger partial charge on any atom is -0.378 e. The van der Waals surface area contributed by atoms with Gasteiger partial charge in [-0.05, 0) is 43.0 Å². The molecule has 0 aromatic heterocycles. The second-order valence-corrected chi connectivity index (χ2v) is 5.81. The molecule has 3 nitrogen and oxygen atoms in total. The number of nitrogens with two attached hydrogens (primary N) is 1. The second-order valence-electron chi connectivity index (χ2n) is 5.81. The van der Waals surface area contributed by atoms with Gasteiger partial charge in [-0.15, -0.1) is 0 Å². The summed E-state index contributed by atoms with van der Waals surface area (Å²) < 4.78 is 0. The molecule has 3 heteroatoms. The lowest BCUT2D eigenvalue weighted by atomic mass is 10.1. The molecule has 0 spiro atoms. The molecule has 1 atom stereocenters. The van der Waals surface area contributed by atoms with Crippen LogP contribution >= 0.6 is 0 Å². The molecule has 2 rings (SSSR count). The summed E-state index contributed by atoms with van der Waals surface area (Å²) in [6.07, 6.45) is 5.55. The molecule has 1 unspecified atom stereocenters. The number of hydrogen-bond donors (Lipinski definition) is 2. The third-order valence-corrected chi connectivity index (χ3v) is 3.92. The van der Waals surface area contributed by atoms with Crippen LogP contribution < -0.4 is 16.0 Å². The molecule has 1 aromatic carbocycles. The first-order valence-corrected chi connectivity index (χ1v) is 7.41. The lowest BCUT2D eigenvalue weighted by molar-refractivity contribution is 0.512. The van der Waals surface area contributed by atoms with Crippen LogP contribution in [-0.4, -0.2) is 27.2 Å². The predicted molar refractivity (Wildman–Crippen MR) is 82.5 cm³/mol. The molecule has 1 aromatic rings. The van der Waals surface area contributed by atoms with Crippen LogP contribution in [0.2, 0.25) is 0 Å². The molecule has 0 heterocycles. The van der Waals surface area contributed by atoms with Crippen LogP contribution in [0.3, 0.4) is 0 Å². The van der Waals surface area contributed by atoms with E-state index in [0.717, 1.165) is 12.5 Å². The van der Waals surface area contributed by atoms with E-state index >= 15 is 0 Å². The zero-order valence-electron chi connectivity index (χ0n) is 12.2. The number of nitrogens with one attached hydrogen (secondary N) is 1. The molecule has 1 saturated carbocycles. The van der Waals surface area contributed by atoms with Crippen LogP contribution in [0, 0.1) is 5.92 Å². The summed E-state index contributed by atoms with van der Waals surface area (Å²) in [6, 6.07) is 8.96. The van der Waals surface area contributed by atoms with Gasteiger partial charge in [-0.25, -0.2) is 0 Å². The van der Waals surface area contributed by atoms with Crippen LogP contribution in [0.5, 0.6) is 0 Å². The van der Waals surface area contributed by atoms with E-state index < -0.39 is 0 Å². The van der Waals surface area contributed by atoms with Gasteiger partial charge in [-0.2, -0.15) is 0 Å². The van der Waals surface area contributed by atoms with Crippen molar-refractivity contribution in [1.82, 2.24) is 5.32 Å². The average Bonchev–Trinajstić information content (AvgIpc) is 3.23. The molecular weight excluding hydrogens is 234 g/mol. The van der Waals surface area contributed by atoms with Crippen molar-refractivity contribution in [2.24, 2.45) is 11.7 Å². The highest BCUT2D eigenvalue weighted by Crippen LogP contribution is 2.33. The summed E-state index contributed by atoms with van der Waals surface area (Å²) in [5.74, 6) is 1.03. The van der Waals surface area contributed by atoms with Gasteiger partial charge < -0.3 is 16.0 Å². The average molecular weight is 261 g/mol. The molecule has 0 aliphatic heterocycles. The van der Waals surface area contributed by atoms with Gasteiger partial charge in [-0.3, -0.25) is 0 Å². The zero-order chi connectivity index (χ0) is 13.7. The molecule has 0 bridgehead atoms. The molecule has 0 saturated heterocycles. The van der Waals surface area contributed by atoms with Crippen molar-refractivity contribution in [1.29, 1.82) is 0 Å². The van der Waals surface area contributed by atoms with E-state index in [9.17, 15) is 0 Å². The van der Waals surface area contributed by atoms with Crippen LogP contribution in [0.4, 0.5) is 5.69 Å². The minimum absolute atomic E-state index is 0.287. The summed E-state index contributed by atoms with van der Waals surface area (Å²) in [5, 5.41) is 3.58. The van der Waals surface area contributed by atoms with Gasteiger partial charge in [-0.1, -0.05) is 25.0 Å². The Labute approximate surface area is 117 Å². The maximum absolute atomic E-state index is 5.88. The Kier molecular flexibility index (Phi) is 5.23. The summed E-state index contributed by atoms with van der Waals surface area (Å²) >= 11 is 0. The van der Waals surface area contributed by atoms with Crippen molar-refractivity contribution in [3.63, 3.8) is 0 Å². The lowest BCUT2D eigenvalue weighted by Crippen LogP contribution is -2.29. The molecule has 0 amide bonds. The van der Waals surface area contributed by atoms with Gasteiger partial charge in [0.15, 0.2) is 0 Å². The predicted octanol–water partition coefficient (Wildman–Crippen LogP) is 2.53. The van der Waals surface area contributed by atoms with E-state index in [0.29, 0.717) is 6.54 Å². The third kappa shape index (κ3) is 4.51. The van der Waals surface area contributed by atoms with Crippen molar-refractivity contribution in [3.05, 3.63) is 29.8 Å². The summed E-state index contributed by atoms with van der Waals surface area (Å²) in [6.45, 7) is 1.73. The van der Waals surface area contributed by atoms with Crippen molar-refractivity contribution in [2.75, 3.05) is 32.1 Å². The van der Waals surface area contributed by atoms with Gasteiger partial charge in [0, 0.05) is 32.4 Å². The van der Waals surface area contributed by atoms with Gasteiger partial charge >= 0.3 is 0 Å². The Bertz CT molecular complexity index is 368. The van der Waals surface area contributed by atoms with E-state index in [-0.39, 0.29) is 6.04 Å². The Morgan fingerprint density at radius 3 is 2.47 bits per heavy atom. The first-order valence-electron chi connectivity index (χ1n) is 7.41. The van der Waals surface area contributed by atoms with E-state index in [4.69, 9.17) is 5.73 Å². The first-order chi connectivity index (χ1) is 9.20. The quantitative estimate of drug-likeness (QED) is 0.707. The monoisotopic (exact) mass is 261 g/mol. The number of rotatable bonds is 8. The largest absolute Gasteiger partial charge is 0.378 e. The van der Waals surface area contributed by atoms with E-state index in [1.165, 1.54) is 36.9 Å². The number of anilines is 1. The first kappa shape index (κ1) is 14.4. The fraction of sp³-hybridized carbons (Fsp3) is 0.625. The zero-order valence-corrected chi connectivity index (χ0v) is 12.2. The maximum atomic E-state index is 5.88. The number of nitrogens with zero attached hydrogens (tertiary/aromatic N) is 1. The Balaban J connectivity index is 1.81. The fourth-order valence-electron chi connectivity index (χ4n) is 2.42. The summed E-state index contributed by atoms with van der Waals surface area (Å²) in [5.41, 5.74) is 8.41. The lowest BCUT2D eigenvalue weighted by Gasteiger charge is -2.19. The van der Waals surface area contributed by atoms with Crippen molar-refractivity contribution >= 4 is 5.69 Å². The Morgan fingerprint density at radius 1 is 1.26 bits per heavy atom. The molecule has 1 fully saturated rings. The van der Waals surface area contributed by atoms with Crippen LogP contribution in [-0.2, 0) is 0 Å². The smallest absolute Gasteiger partial charge is 0.0444 e. The van der Waals surface area contributed by atoms with E-state index in [1.807, 2.05) is 0 Å². The van der Waals surface area contributed by atoms with Gasteiger partial charge in [0.1, 0.15) is 0 Å². The number of hydrogen-bond acceptors (Lipinski definition) is 3.